The molecule has 4 aliphatic carbocycles. The van der Waals surface area contributed by atoms with Gasteiger partial charge in [0.1, 0.15) is 0 Å². The molecule has 3 heteroatoms. The van der Waals surface area contributed by atoms with Crippen LogP contribution in [0.5, 0.6) is 0 Å². The number of hydrogen-bond acceptors (Lipinski definition) is 3. The highest BCUT2D eigenvalue weighted by molar-refractivity contribution is 5.45. The zero-order valence-electron chi connectivity index (χ0n) is 15.0. The Bertz CT molecular complexity index is 613. The van der Waals surface area contributed by atoms with Gasteiger partial charge in [-0.3, -0.25) is 0 Å². The standard InChI is InChI=1S/C21H30O3/c1-13-11-14-12-21(23-9-10-24-21)8-6-15(14)16-5-7-20(2)17(19(13)16)3-4-18(20)22/h5,13,17-19,22H,3-4,6-12H2,1-2H3/t13-,17-,18-,19+,20-/m0/s1. The van der Waals surface area contributed by atoms with Gasteiger partial charge in [-0.2, -0.15) is 0 Å². The number of allylic oxidation sites excluding steroid dienone is 3. The molecule has 132 valence electrons. The number of aliphatic hydroxyl groups excluding tert-OH is 1. The van der Waals surface area contributed by atoms with Gasteiger partial charge in [0.15, 0.2) is 5.79 Å². The van der Waals surface area contributed by atoms with Crippen molar-refractivity contribution in [1.29, 1.82) is 0 Å². The summed E-state index contributed by atoms with van der Waals surface area (Å²) in [5.41, 5.74) is 4.97. The molecule has 1 heterocycles. The van der Waals surface area contributed by atoms with Crippen molar-refractivity contribution in [1.82, 2.24) is 0 Å². The molecule has 5 atom stereocenters. The van der Waals surface area contributed by atoms with Crippen LogP contribution in [0.2, 0.25) is 0 Å². The first kappa shape index (κ1) is 15.6. The Kier molecular flexibility index (Phi) is 3.37. The number of fused-ring (bicyclic) bond motifs is 4. The molecule has 1 N–H and O–H groups in total. The lowest BCUT2D eigenvalue weighted by atomic mass is 9.55. The van der Waals surface area contributed by atoms with E-state index in [1.807, 2.05) is 0 Å². The van der Waals surface area contributed by atoms with Gasteiger partial charge in [-0.25, -0.2) is 0 Å². The Labute approximate surface area is 145 Å². The van der Waals surface area contributed by atoms with Gasteiger partial charge in [-0.05, 0) is 61.0 Å². The second-order valence-electron chi connectivity index (χ2n) is 9.14. The molecule has 0 aromatic rings. The zero-order chi connectivity index (χ0) is 16.5. The summed E-state index contributed by atoms with van der Waals surface area (Å²) >= 11 is 0. The molecule has 1 spiro atoms. The number of hydrogen-bond donors (Lipinski definition) is 1. The van der Waals surface area contributed by atoms with Crippen molar-refractivity contribution in [2.75, 3.05) is 13.2 Å². The summed E-state index contributed by atoms with van der Waals surface area (Å²) in [6, 6.07) is 0. The normalized spacial score (nSPS) is 46.5. The quantitative estimate of drug-likeness (QED) is 0.730. The topological polar surface area (TPSA) is 38.7 Å². The van der Waals surface area contributed by atoms with Crippen molar-refractivity contribution in [2.45, 2.75) is 70.7 Å². The third-order valence-electron chi connectivity index (χ3n) is 7.92. The predicted molar refractivity (Wildman–Crippen MR) is 92.3 cm³/mol. The number of ether oxygens (including phenoxy) is 2. The first-order chi connectivity index (χ1) is 11.5. The molecule has 0 aromatic carbocycles. The first-order valence-corrected chi connectivity index (χ1v) is 9.90. The lowest BCUT2D eigenvalue weighted by molar-refractivity contribution is -0.164. The number of rotatable bonds is 0. The minimum absolute atomic E-state index is 0.105. The molecular weight excluding hydrogens is 300 g/mol. The Hall–Kier alpha value is -0.640. The minimum Gasteiger partial charge on any atom is -0.393 e. The minimum atomic E-state index is -0.307. The third kappa shape index (κ3) is 2.01. The molecule has 1 saturated carbocycles. The van der Waals surface area contributed by atoms with Crippen molar-refractivity contribution in [3.63, 3.8) is 0 Å². The summed E-state index contributed by atoms with van der Waals surface area (Å²) in [6.45, 7) is 6.26. The fourth-order valence-corrected chi connectivity index (χ4v) is 6.65. The molecule has 0 radical (unpaired) electrons. The van der Waals surface area contributed by atoms with Crippen LogP contribution in [0.25, 0.3) is 0 Å². The van der Waals surface area contributed by atoms with Crippen LogP contribution >= 0.6 is 0 Å². The Morgan fingerprint density at radius 3 is 2.79 bits per heavy atom. The van der Waals surface area contributed by atoms with E-state index in [0.717, 1.165) is 45.3 Å². The molecular formula is C21H30O3. The van der Waals surface area contributed by atoms with E-state index < -0.39 is 0 Å². The van der Waals surface area contributed by atoms with Crippen LogP contribution in [-0.2, 0) is 9.47 Å². The highest BCUT2D eigenvalue weighted by Crippen LogP contribution is 2.61. The van der Waals surface area contributed by atoms with Gasteiger partial charge < -0.3 is 14.6 Å². The van der Waals surface area contributed by atoms with E-state index in [9.17, 15) is 5.11 Å². The fourth-order valence-electron chi connectivity index (χ4n) is 6.65. The molecule has 24 heavy (non-hydrogen) atoms. The summed E-state index contributed by atoms with van der Waals surface area (Å²) in [7, 11) is 0. The summed E-state index contributed by atoms with van der Waals surface area (Å²) in [6.07, 6.45) is 9.89. The fraction of sp³-hybridized carbons (Fsp3) is 0.810. The van der Waals surface area contributed by atoms with E-state index >= 15 is 0 Å². The highest BCUT2D eigenvalue weighted by atomic mass is 16.7. The Balaban J connectivity index is 1.52. The maximum absolute atomic E-state index is 10.6. The molecule has 5 aliphatic rings. The molecule has 0 aromatic heterocycles. The largest absolute Gasteiger partial charge is 0.393 e. The van der Waals surface area contributed by atoms with Crippen molar-refractivity contribution in [3.8, 4) is 0 Å². The summed E-state index contributed by atoms with van der Waals surface area (Å²) in [5.74, 6) is 1.67. The van der Waals surface area contributed by atoms with Crippen LogP contribution in [0.3, 0.4) is 0 Å². The van der Waals surface area contributed by atoms with Crippen molar-refractivity contribution >= 4 is 0 Å². The monoisotopic (exact) mass is 330 g/mol. The average Bonchev–Trinajstić information content (AvgIpc) is 3.12. The molecule has 2 fully saturated rings. The first-order valence-electron chi connectivity index (χ1n) is 9.90. The van der Waals surface area contributed by atoms with Crippen molar-refractivity contribution < 1.29 is 14.6 Å². The second-order valence-corrected chi connectivity index (χ2v) is 9.14. The van der Waals surface area contributed by atoms with E-state index in [4.69, 9.17) is 9.47 Å². The van der Waals surface area contributed by atoms with Gasteiger partial charge in [0.05, 0.1) is 19.3 Å². The Morgan fingerprint density at radius 1 is 1.21 bits per heavy atom. The van der Waals surface area contributed by atoms with Gasteiger partial charge in [-0.1, -0.05) is 25.5 Å². The lowest BCUT2D eigenvalue weighted by Crippen LogP contribution is -2.44. The molecule has 0 unspecified atom stereocenters. The SMILES string of the molecule is C[C@H]1CC2=C(CCC3(C2)OCCO3)C2=CC[C@]3(C)[C@@H](O)CC[C@H]3[C@@H]21. The Morgan fingerprint density at radius 2 is 2.00 bits per heavy atom. The molecule has 5 rings (SSSR count). The molecule has 0 amide bonds. The van der Waals surface area contributed by atoms with Crippen LogP contribution in [0.1, 0.15) is 58.8 Å². The van der Waals surface area contributed by atoms with Gasteiger partial charge in [-0.15, -0.1) is 0 Å². The van der Waals surface area contributed by atoms with Crippen molar-refractivity contribution in [3.05, 3.63) is 22.8 Å². The molecule has 0 bridgehead atoms. The highest BCUT2D eigenvalue weighted by Gasteiger charge is 2.54. The van der Waals surface area contributed by atoms with Gasteiger partial charge in [0.2, 0.25) is 0 Å². The molecule has 1 aliphatic heterocycles. The van der Waals surface area contributed by atoms with Crippen LogP contribution in [0.4, 0.5) is 0 Å². The van der Waals surface area contributed by atoms with Crippen LogP contribution in [0, 0.1) is 23.2 Å². The van der Waals surface area contributed by atoms with E-state index in [2.05, 4.69) is 19.9 Å². The third-order valence-corrected chi connectivity index (χ3v) is 7.92. The lowest BCUT2D eigenvalue weighted by Gasteiger charge is -2.50. The average molecular weight is 330 g/mol. The van der Waals surface area contributed by atoms with Crippen LogP contribution in [0.15, 0.2) is 22.8 Å². The van der Waals surface area contributed by atoms with E-state index in [0.29, 0.717) is 17.8 Å². The predicted octanol–water partition coefficient (Wildman–Crippen LogP) is 3.97. The smallest absolute Gasteiger partial charge is 0.172 e. The number of aliphatic hydroxyl groups is 1. The second kappa shape index (κ2) is 5.18. The van der Waals surface area contributed by atoms with Gasteiger partial charge in [0, 0.05) is 18.3 Å². The van der Waals surface area contributed by atoms with Gasteiger partial charge >= 0.3 is 0 Å². The van der Waals surface area contributed by atoms with Crippen LogP contribution in [-0.4, -0.2) is 30.2 Å². The van der Waals surface area contributed by atoms with E-state index in [-0.39, 0.29) is 17.3 Å². The van der Waals surface area contributed by atoms with Gasteiger partial charge in [0.25, 0.3) is 0 Å². The zero-order valence-corrected chi connectivity index (χ0v) is 15.0. The van der Waals surface area contributed by atoms with Crippen LogP contribution < -0.4 is 0 Å². The molecule has 3 nitrogen and oxygen atoms in total. The summed E-state index contributed by atoms with van der Waals surface area (Å²) in [5, 5.41) is 10.6. The van der Waals surface area contributed by atoms with E-state index in [1.165, 1.54) is 12.8 Å². The summed E-state index contributed by atoms with van der Waals surface area (Å²) < 4.78 is 12.0. The maximum atomic E-state index is 10.6. The molecule has 1 saturated heterocycles. The van der Waals surface area contributed by atoms with Crippen molar-refractivity contribution in [2.24, 2.45) is 23.2 Å². The maximum Gasteiger partial charge on any atom is 0.172 e. The summed E-state index contributed by atoms with van der Waals surface area (Å²) in [4.78, 5) is 0. The van der Waals surface area contributed by atoms with E-state index in [1.54, 1.807) is 16.7 Å².